The van der Waals surface area contributed by atoms with Gasteiger partial charge < -0.3 is 5.32 Å². The maximum absolute atomic E-state index is 12.0. The second-order valence-electron chi connectivity index (χ2n) is 4.93. The zero-order valence-electron chi connectivity index (χ0n) is 10.6. The minimum Gasteiger partial charge on any atom is -0.352 e. The largest absolute Gasteiger partial charge is 0.352 e. The van der Waals surface area contributed by atoms with E-state index >= 15 is 0 Å². The van der Waals surface area contributed by atoms with Gasteiger partial charge in [0.05, 0.1) is 0 Å². The van der Waals surface area contributed by atoms with Gasteiger partial charge >= 0.3 is 0 Å². The fraction of sp³-hybridized carbons (Fsp3) is 0.250. The molecule has 2 aromatic rings. The van der Waals surface area contributed by atoms with Crippen molar-refractivity contribution in [1.29, 1.82) is 0 Å². The first-order chi connectivity index (χ1) is 9.34. The standard InChI is InChI=1S/C16H16N2O/c19-16(18-11-12-6-8-17-9-7-12)15-10-14(15)13-4-2-1-3-5-13/h1-9,14-15H,10-11H2,(H,18,19). The molecule has 96 valence electrons. The Morgan fingerprint density at radius 3 is 2.63 bits per heavy atom. The summed E-state index contributed by atoms with van der Waals surface area (Å²) in [6, 6.07) is 14.1. The van der Waals surface area contributed by atoms with Crippen LogP contribution >= 0.6 is 0 Å². The van der Waals surface area contributed by atoms with E-state index in [4.69, 9.17) is 0 Å². The quantitative estimate of drug-likeness (QED) is 0.908. The molecule has 0 bridgehead atoms. The zero-order valence-corrected chi connectivity index (χ0v) is 10.6. The van der Waals surface area contributed by atoms with Gasteiger partial charge in [0.15, 0.2) is 0 Å². The smallest absolute Gasteiger partial charge is 0.224 e. The van der Waals surface area contributed by atoms with Crippen molar-refractivity contribution >= 4 is 5.91 Å². The van der Waals surface area contributed by atoms with E-state index in [9.17, 15) is 4.79 Å². The molecule has 1 saturated carbocycles. The Morgan fingerprint density at radius 2 is 1.89 bits per heavy atom. The van der Waals surface area contributed by atoms with Crippen molar-refractivity contribution in [2.45, 2.75) is 18.9 Å². The van der Waals surface area contributed by atoms with Crippen LogP contribution in [0.2, 0.25) is 0 Å². The normalized spacial score (nSPS) is 20.8. The van der Waals surface area contributed by atoms with E-state index < -0.39 is 0 Å². The predicted molar refractivity (Wildman–Crippen MR) is 73.4 cm³/mol. The number of hydrogen-bond donors (Lipinski definition) is 1. The van der Waals surface area contributed by atoms with Crippen molar-refractivity contribution in [3.05, 3.63) is 66.0 Å². The van der Waals surface area contributed by atoms with Gasteiger partial charge in [-0.2, -0.15) is 0 Å². The van der Waals surface area contributed by atoms with Gasteiger partial charge in [0.2, 0.25) is 5.91 Å². The highest BCUT2D eigenvalue weighted by Crippen LogP contribution is 2.47. The molecule has 0 radical (unpaired) electrons. The molecular weight excluding hydrogens is 236 g/mol. The molecule has 1 aliphatic carbocycles. The Kier molecular flexibility index (Phi) is 3.27. The summed E-state index contributed by atoms with van der Waals surface area (Å²) in [5.41, 5.74) is 2.35. The van der Waals surface area contributed by atoms with Crippen molar-refractivity contribution < 1.29 is 4.79 Å². The Morgan fingerprint density at radius 1 is 1.16 bits per heavy atom. The molecule has 1 aromatic heterocycles. The Bertz CT molecular complexity index is 553. The van der Waals surface area contributed by atoms with Crippen LogP contribution in [0.1, 0.15) is 23.5 Å². The molecule has 3 rings (SSSR count). The summed E-state index contributed by atoms with van der Waals surface area (Å²) in [4.78, 5) is 16.0. The lowest BCUT2D eigenvalue weighted by Crippen LogP contribution is -2.24. The monoisotopic (exact) mass is 252 g/mol. The van der Waals surface area contributed by atoms with Gasteiger partial charge in [-0.1, -0.05) is 30.3 Å². The van der Waals surface area contributed by atoms with Crippen molar-refractivity contribution in [2.75, 3.05) is 0 Å². The maximum Gasteiger partial charge on any atom is 0.224 e. The number of nitrogens with zero attached hydrogens (tertiary/aromatic N) is 1. The summed E-state index contributed by atoms with van der Waals surface area (Å²) < 4.78 is 0. The average Bonchev–Trinajstić information content (AvgIpc) is 3.27. The van der Waals surface area contributed by atoms with Crippen LogP contribution in [0.4, 0.5) is 0 Å². The average molecular weight is 252 g/mol. The van der Waals surface area contributed by atoms with Crippen LogP contribution in [0.25, 0.3) is 0 Å². The number of benzene rings is 1. The summed E-state index contributed by atoms with van der Waals surface area (Å²) in [5.74, 6) is 0.702. The highest BCUT2D eigenvalue weighted by atomic mass is 16.2. The highest BCUT2D eigenvalue weighted by Gasteiger charge is 2.43. The van der Waals surface area contributed by atoms with E-state index in [0.717, 1.165) is 12.0 Å². The highest BCUT2D eigenvalue weighted by molar-refractivity contribution is 5.82. The number of carbonyl (C=O) groups excluding carboxylic acids is 1. The molecule has 0 aliphatic heterocycles. The molecule has 1 N–H and O–H groups in total. The van der Waals surface area contributed by atoms with Crippen LogP contribution in [0.15, 0.2) is 54.9 Å². The maximum atomic E-state index is 12.0. The first kappa shape index (κ1) is 11.9. The van der Waals surface area contributed by atoms with Crippen LogP contribution in [0, 0.1) is 5.92 Å². The van der Waals surface area contributed by atoms with Gasteiger partial charge in [-0.25, -0.2) is 0 Å². The predicted octanol–water partition coefficient (Wildman–Crippen LogP) is 2.50. The lowest BCUT2D eigenvalue weighted by atomic mass is 10.1. The molecule has 2 unspecified atom stereocenters. The van der Waals surface area contributed by atoms with E-state index in [2.05, 4.69) is 22.4 Å². The number of amides is 1. The van der Waals surface area contributed by atoms with E-state index in [1.807, 2.05) is 30.3 Å². The first-order valence-corrected chi connectivity index (χ1v) is 6.56. The van der Waals surface area contributed by atoms with E-state index in [1.54, 1.807) is 12.4 Å². The van der Waals surface area contributed by atoms with Gasteiger partial charge in [-0.15, -0.1) is 0 Å². The molecule has 0 saturated heterocycles. The molecule has 1 fully saturated rings. The molecular formula is C16H16N2O. The molecule has 1 amide bonds. The molecule has 1 aromatic carbocycles. The number of pyridine rings is 1. The molecule has 0 spiro atoms. The number of nitrogens with one attached hydrogen (secondary N) is 1. The van der Waals surface area contributed by atoms with Crippen molar-refractivity contribution in [1.82, 2.24) is 10.3 Å². The van der Waals surface area contributed by atoms with Crippen molar-refractivity contribution in [3.63, 3.8) is 0 Å². The van der Waals surface area contributed by atoms with Gasteiger partial charge in [0.1, 0.15) is 0 Å². The SMILES string of the molecule is O=C(NCc1ccncc1)C1CC1c1ccccc1. The summed E-state index contributed by atoms with van der Waals surface area (Å²) in [5, 5.41) is 2.99. The second-order valence-corrected chi connectivity index (χ2v) is 4.93. The summed E-state index contributed by atoms with van der Waals surface area (Å²) >= 11 is 0. The number of carbonyl (C=O) groups is 1. The van der Waals surface area contributed by atoms with E-state index in [0.29, 0.717) is 12.5 Å². The molecule has 1 aliphatic rings. The number of rotatable bonds is 4. The second kappa shape index (κ2) is 5.22. The van der Waals surface area contributed by atoms with Crippen molar-refractivity contribution in [2.24, 2.45) is 5.92 Å². The molecule has 19 heavy (non-hydrogen) atoms. The lowest BCUT2D eigenvalue weighted by Gasteiger charge is -2.05. The molecule has 2 atom stereocenters. The van der Waals surface area contributed by atoms with Crippen LogP contribution < -0.4 is 5.32 Å². The topological polar surface area (TPSA) is 42.0 Å². The number of hydrogen-bond acceptors (Lipinski definition) is 2. The van der Waals surface area contributed by atoms with E-state index in [-0.39, 0.29) is 11.8 Å². The fourth-order valence-electron chi connectivity index (χ4n) is 2.37. The Hall–Kier alpha value is -2.16. The van der Waals surface area contributed by atoms with Gasteiger partial charge in [-0.05, 0) is 35.6 Å². The van der Waals surface area contributed by atoms with Crippen LogP contribution in [0.3, 0.4) is 0 Å². The van der Waals surface area contributed by atoms with Crippen LogP contribution in [-0.4, -0.2) is 10.9 Å². The molecule has 1 heterocycles. The summed E-state index contributed by atoms with van der Waals surface area (Å²) in [6.45, 7) is 0.583. The minimum absolute atomic E-state index is 0.143. The van der Waals surface area contributed by atoms with E-state index in [1.165, 1.54) is 5.56 Å². The summed E-state index contributed by atoms with van der Waals surface area (Å²) in [6.07, 6.45) is 4.45. The molecule has 3 nitrogen and oxygen atoms in total. The summed E-state index contributed by atoms with van der Waals surface area (Å²) in [7, 11) is 0. The number of aromatic nitrogens is 1. The third-order valence-corrected chi connectivity index (χ3v) is 3.57. The third kappa shape index (κ3) is 2.81. The fourth-order valence-corrected chi connectivity index (χ4v) is 2.37. The van der Waals surface area contributed by atoms with Gasteiger partial charge in [0.25, 0.3) is 0 Å². The van der Waals surface area contributed by atoms with Crippen LogP contribution in [-0.2, 0) is 11.3 Å². The van der Waals surface area contributed by atoms with Gasteiger partial charge in [-0.3, -0.25) is 9.78 Å². The molecule has 3 heteroatoms. The minimum atomic E-state index is 0.143. The lowest BCUT2D eigenvalue weighted by molar-refractivity contribution is -0.122. The Balaban J connectivity index is 1.53. The zero-order chi connectivity index (χ0) is 13.1. The van der Waals surface area contributed by atoms with Crippen LogP contribution in [0.5, 0.6) is 0 Å². The third-order valence-electron chi connectivity index (χ3n) is 3.57. The Labute approximate surface area is 112 Å². The first-order valence-electron chi connectivity index (χ1n) is 6.56. The van der Waals surface area contributed by atoms with Gasteiger partial charge in [0, 0.05) is 24.9 Å². The van der Waals surface area contributed by atoms with Crippen molar-refractivity contribution in [3.8, 4) is 0 Å².